The van der Waals surface area contributed by atoms with Gasteiger partial charge in [-0.25, -0.2) is 0 Å². The summed E-state index contributed by atoms with van der Waals surface area (Å²) in [6.07, 6.45) is 0. The van der Waals surface area contributed by atoms with E-state index in [1.54, 1.807) is 30.2 Å². The first-order valence-electron chi connectivity index (χ1n) is 6.50. The number of carbonyl (C=O) groups excluding carboxylic acids is 1. The average molecular weight is 426 g/mol. The Bertz CT molecular complexity index is 692. The van der Waals surface area contributed by atoms with Crippen LogP contribution in [0, 0.1) is 3.57 Å². The highest BCUT2D eigenvalue weighted by atomic mass is 127. The quantitative estimate of drug-likeness (QED) is 0.603. The van der Waals surface area contributed by atoms with Gasteiger partial charge in [0.25, 0.3) is 5.91 Å². The summed E-state index contributed by atoms with van der Waals surface area (Å²) in [5, 5.41) is 3.08. The molecule has 0 aliphatic rings. The van der Waals surface area contributed by atoms with Crippen LogP contribution < -0.4 is 15.0 Å². The molecule has 0 saturated heterocycles. The number of thiocarbonyl (C=S) groups is 1. The molecule has 1 amide bonds. The lowest BCUT2D eigenvalue weighted by atomic mass is 10.2. The third-order valence-corrected chi connectivity index (χ3v) is 4.30. The maximum Gasteiger partial charge on any atom is 0.257 e. The Morgan fingerprint density at radius 3 is 2.50 bits per heavy atom. The number of hydrogen-bond donors (Lipinski definition) is 1. The monoisotopic (exact) mass is 426 g/mol. The third-order valence-electron chi connectivity index (χ3n) is 3.08. The number of carbonyl (C=O) groups is 1. The lowest BCUT2D eigenvalue weighted by Gasteiger charge is -2.20. The highest BCUT2D eigenvalue weighted by molar-refractivity contribution is 14.1. The second-order valence-electron chi connectivity index (χ2n) is 4.50. The van der Waals surface area contributed by atoms with Crippen molar-refractivity contribution in [3.63, 3.8) is 0 Å². The van der Waals surface area contributed by atoms with Gasteiger partial charge in [0.1, 0.15) is 5.75 Å². The van der Waals surface area contributed by atoms with Crippen molar-refractivity contribution in [3.8, 4) is 5.75 Å². The number of nitrogens with zero attached hydrogens (tertiary/aromatic N) is 1. The molecular weight excluding hydrogens is 411 g/mol. The second kappa shape index (κ2) is 7.55. The van der Waals surface area contributed by atoms with E-state index in [-0.39, 0.29) is 5.91 Å². The molecule has 0 spiro atoms. The first-order valence-corrected chi connectivity index (χ1v) is 7.99. The highest BCUT2D eigenvalue weighted by Crippen LogP contribution is 2.21. The summed E-state index contributed by atoms with van der Waals surface area (Å²) in [4.78, 5) is 14.0. The van der Waals surface area contributed by atoms with Crippen LogP contribution in [-0.2, 0) is 0 Å². The van der Waals surface area contributed by atoms with Gasteiger partial charge in [-0.2, -0.15) is 0 Å². The van der Waals surface area contributed by atoms with Crippen LogP contribution in [0.2, 0.25) is 0 Å². The van der Waals surface area contributed by atoms with Crippen molar-refractivity contribution in [2.45, 2.75) is 0 Å². The Morgan fingerprint density at radius 2 is 1.91 bits per heavy atom. The van der Waals surface area contributed by atoms with Crippen LogP contribution in [0.5, 0.6) is 5.75 Å². The molecule has 114 valence electrons. The molecule has 0 radical (unpaired) electrons. The van der Waals surface area contributed by atoms with E-state index in [0.717, 1.165) is 15.0 Å². The van der Waals surface area contributed by atoms with Gasteiger partial charge in [-0.3, -0.25) is 10.1 Å². The number of nitrogens with one attached hydrogen (secondary N) is 1. The highest BCUT2D eigenvalue weighted by Gasteiger charge is 2.13. The first-order chi connectivity index (χ1) is 10.5. The van der Waals surface area contributed by atoms with Crippen LogP contribution in [-0.4, -0.2) is 25.2 Å². The molecule has 0 heterocycles. The Morgan fingerprint density at radius 1 is 1.23 bits per heavy atom. The van der Waals surface area contributed by atoms with Gasteiger partial charge in [-0.1, -0.05) is 18.2 Å². The SMILES string of the molecule is COc1ccc(C(=O)NC(=S)N(C)c2ccccc2)cc1I. The molecule has 22 heavy (non-hydrogen) atoms. The molecule has 0 atom stereocenters. The molecule has 6 heteroatoms. The molecule has 0 bridgehead atoms. The Hall–Kier alpha value is -1.67. The van der Waals surface area contributed by atoms with E-state index in [2.05, 4.69) is 27.9 Å². The fourth-order valence-electron chi connectivity index (χ4n) is 1.83. The van der Waals surface area contributed by atoms with Gasteiger partial charge in [0.05, 0.1) is 10.7 Å². The van der Waals surface area contributed by atoms with Crippen LogP contribution in [0.25, 0.3) is 0 Å². The van der Waals surface area contributed by atoms with E-state index < -0.39 is 0 Å². The maximum absolute atomic E-state index is 12.3. The molecule has 2 rings (SSSR count). The van der Waals surface area contributed by atoms with E-state index in [9.17, 15) is 4.79 Å². The average Bonchev–Trinajstić information content (AvgIpc) is 2.54. The molecule has 0 saturated carbocycles. The number of para-hydroxylation sites is 1. The van der Waals surface area contributed by atoms with Gasteiger partial charge in [0.2, 0.25) is 0 Å². The number of halogens is 1. The third kappa shape index (κ3) is 3.95. The Kier molecular flexibility index (Phi) is 5.73. The molecule has 4 nitrogen and oxygen atoms in total. The van der Waals surface area contributed by atoms with E-state index in [1.807, 2.05) is 37.4 Å². The lowest BCUT2D eigenvalue weighted by Crippen LogP contribution is -2.40. The standard InChI is InChI=1S/C16H15IN2O2S/c1-19(12-6-4-3-5-7-12)16(22)18-15(20)11-8-9-14(21-2)13(17)10-11/h3-10H,1-2H3,(H,18,20,22). The van der Waals surface area contributed by atoms with Gasteiger partial charge in [-0.15, -0.1) is 0 Å². The first kappa shape index (κ1) is 16.7. The normalized spacial score (nSPS) is 9.95. The van der Waals surface area contributed by atoms with Gasteiger partial charge in [0, 0.05) is 18.3 Å². The smallest absolute Gasteiger partial charge is 0.257 e. The van der Waals surface area contributed by atoms with Crippen molar-refractivity contribution in [2.24, 2.45) is 0 Å². The number of rotatable bonds is 3. The zero-order chi connectivity index (χ0) is 16.1. The van der Waals surface area contributed by atoms with E-state index >= 15 is 0 Å². The molecule has 2 aromatic carbocycles. The largest absolute Gasteiger partial charge is 0.496 e. The zero-order valence-corrected chi connectivity index (χ0v) is 15.1. The summed E-state index contributed by atoms with van der Waals surface area (Å²) in [6, 6.07) is 14.9. The minimum atomic E-state index is -0.242. The van der Waals surface area contributed by atoms with Gasteiger partial charge < -0.3 is 9.64 Å². The van der Waals surface area contributed by atoms with E-state index in [4.69, 9.17) is 17.0 Å². The summed E-state index contributed by atoms with van der Waals surface area (Å²) in [5.74, 6) is 0.495. The van der Waals surface area contributed by atoms with Crippen molar-refractivity contribution in [2.75, 3.05) is 19.1 Å². The van der Waals surface area contributed by atoms with E-state index in [0.29, 0.717) is 10.7 Å². The van der Waals surface area contributed by atoms with Gasteiger partial charge in [0.15, 0.2) is 5.11 Å². The van der Waals surface area contributed by atoms with Crippen LogP contribution in [0.3, 0.4) is 0 Å². The van der Waals surface area contributed by atoms with Gasteiger partial charge in [-0.05, 0) is 65.1 Å². The van der Waals surface area contributed by atoms with E-state index in [1.165, 1.54) is 0 Å². The minimum absolute atomic E-state index is 0.242. The molecular formula is C16H15IN2O2S. The summed E-state index contributed by atoms with van der Waals surface area (Å²) in [7, 11) is 3.41. The fourth-order valence-corrected chi connectivity index (χ4v) is 2.76. The molecule has 0 aliphatic heterocycles. The fraction of sp³-hybridized carbons (Fsp3) is 0.125. The van der Waals surface area contributed by atoms with Crippen LogP contribution >= 0.6 is 34.8 Å². The number of benzene rings is 2. The Balaban J connectivity index is 2.08. The Labute approximate surface area is 148 Å². The summed E-state index contributed by atoms with van der Waals surface area (Å²) in [5.41, 5.74) is 1.45. The van der Waals surface area contributed by atoms with Gasteiger partial charge >= 0.3 is 0 Å². The molecule has 0 unspecified atom stereocenters. The van der Waals surface area contributed by atoms with Crippen molar-refractivity contribution in [3.05, 3.63) is 57.7 Å². The number of anilines is 1. The number of ether oxygens (including phenoxy) is 1. The molecule has 2 aromatic rings. The zero-order valence-electron chi connectivity index (χ0n) is 12.2. The molecule has 1 N–H and O–H groups in total. The molecule has 0 fully saturated rings. The van der Waals surface area contributed by atoms with Crippen molar-refractivity contribution >= 4 is 51.5 Å². The minimum Gasteiger partial charge on any atom is -0.496 e. The van der Waals surface area contributed by atoms with Crippen LogP contribution in [0.4, 0.5) is 5.69 Å². The maximum atomic E-state index is 12.3. The van der Waals surface area contributed by atoms with Crippen molar-refractivity contribution in [1.82, 2.24) is 5.32 Å². The summed E-state index contributed by atoms with van der Waals surface area (Å²) < 4.78 is 6.05. The van der Waals surface area contributed by atoms with Crippen molar-refractivity contribution < 1.29 is 9.53 Å². The predicted octanol–water partition coefficient (Wildman–Crippen LogP) is 3.45. The summed E-state index contributed by atoms with van der Waals surface area (Å²) in [6.45, 7) is 0. The number of methoxy groups -OCH3 is 1. The predicted molar refractivity (Wildman–Crippen MR) is 101 cm³/mol. The number of hydrogen-bond acceptors (Lipinski definition) is 3. The van der Waals surface area contributed by atoms with Crippen LogP contribution in [0.15, 0.2) is 48.5 Å². The van der Waals surface area contributed by atoms with Crippen molar-refractivity contribution in [1.29, 1.82) is 0 Å². The number of amides is 1. The molecule has 0 aromatic heterocycles. The van der Waals surface area contributed by atoms with Crippen LogP contribution in [0.1, 0.15) is 10.4 Å². The summed E-state index contributed by atoms with van der Waals surface area (Å²) >= 11 is 7.41. The molecule has 0 aliphatic carbocycles. The second-order valence-corrected chi connectivity index (χ2v) is 6.05. The topological polar surface area (TPSA) is 41.6 Å². The lowest BCUT2D eigenvalue weighted by molar-refractivity contribution is 0.0977.